The fourth-order valence-electron chi connectivity index (χ4n) is 7.24. The van der Waals surface area contributed by atoms with Gasteiger partial charge < -0.3 is 8.98 Å². The fraction of sp³-hybridized carbons (Fsp3) is 0. The van der Waals surface area contributed by atoms with Crippen molar-refractivity contribution in [2.75, 3.05) is 0 Å². The van der Waals surface area contributed by atoms with E-state index < -0.39 is 0 Å². The molecule has 50 heavy (non-hydrogen) atoms. The molecular formula is C46H29N3O. The Morgan fingerprint density at radius 3 is 1.78 bits per heavy atom. The number of para-hydroxylation sites is 3. The lowest BCUT2D eigenvalue weighted by Crippen LogP contribution is -1.97. The molecule has 0 unspecified atom stereocenters. The van der Waals surface area contributed by atoms with Gasteiger partial charge in [0.15, 0.2) is 5.82 Å². The van der Waals surface area contributed by atoms with Gasteiger partial charge in [0.05, 0.1) is 22.4 Å². The number of hydrogen-bond acceptors (Lipinski definition) is 3. The van der Waals surface area contributed by atoms with Crippen molar-refractivity contribution in [3.8, 4) is 50.7 Å². The molecule has 0 saturated carbocycles. The summed E-state index contributed by atoms with van der Waals surface area (Å²) in [5.41, 5.74) is 12.3. The van der Waals surface area contributed by atoms with E-state index in [0.717, 1.165) is 77.9 Å². The Morgan fingerprint density at radius 1 is 0.400 bits per heavy atom. The molecule has 10 rings (SSSR count). The molecule has 4 nitrogen and oxygen atoms in total. The zero-order valence-corrected chi connectivity index (χ0v) is 27.0. The molecule has 0 N–H and O–H groups in total. The van der Waals surface area contributed by atoms with Gasteiger partial charge in [-0.25, -0.2) is 9.97 Å². The van der Waals surface area contributed by atoms with Gasteiger partial charge in [-0.1, -0.05) is 140 Å². The fourth-order valence-corrected chi connectivity index (χ4v) is 7.24. The van der Waals surface area contributed by atoms with Crippen molar-refractivity contribution in [2.24, 2.45) is 0 Å². The van der Waals surface area contributed by atoms with Gasteiger partial charge in [-0.2, -0.15) is 0 Å². The van der Waals surface area contributed by atoms with E-state index in [0.29, 0.717) is 5.82 Å². The Morgan fingerprint density at radius 2 is 1.00 bits per heavy atom. The monoisotopic (exact) mass is 639 g/mol. The van der Waals surface area contributed by atoms with Gasteiger partial charge in [0, 0.05) is 49.5 Å². The van der Waals surface area contributed by atoms with Gasteiger partial charge in [0.25, 0.3) is 0 Å². The van der Waals surface area contributed by atoms with Gasteiger partial charge in [-0.15, -0.1) is 0 Å². The minimum Gasteiger partial charge on any atom is -0.455 e. The van der Waals surface area contributed by atoms with Crippen molar-refractivity contribution in [3.63, 3.8) is 0 Å². The minimum absolute atomic E-state index is 0.709. The number of rotatable bonds is 5. The Bertz CT molecular complexity index is 2790. The molecule has 4 heteroatoms. The molecule has 0 fully saturated rings. The number of furan rings is 1. The normalized spacial score (nSPS) is 11.6. The largest absolute Gasteiger partial charge is 0.455 e. The first-order valence-electron chi connectivity index (χ1n) is 16.8. The van der Waals surface area contributed by atoms with Crippen LogP contribution in [0, 0.1) is 0 Å². The summed E-state index contributed by atoms with van der Waals surface area (Å²) in [6.45, 7) is 0. The average Bonchev–Trinajstić information content (AvgIpc) is 3.74. The van der Waals surface area contributed by atoms with Crippen LogP contribution in [0.25, 0.3) is 94.5 Å². The maximum Gasteiger partial charge on any atom is 0.160 e. The highest BCUT2D eigenvalue weighted by Crippen LogP contribution is 2.39. The predicted octanol–water partition coefficient (Wildman–Crippen LogP) is 12.1. The SMILES string of the molecule is c1ccc(-c2cc(-c3ccc(-n4c5ccccc5c5ccc(-c6cccc7c6oc6ccccc67)cc54)cc3)nc(-c3ccccc3)n2)cc1. The van der Waals surface area contributed by atoms with Crippen molar-refractivity contribution in [3.05, 3.63) is 176 Å². The molecule has 10 aromatic rings. The molecule has 0 saturated heterocycles. The molecule has 234 valence electrons. The summed E-state index contributed by atoms with van der Waals surface area (Å²) in [4.78, 5) is 10.0. The quantitative estimate of drug-likeness (QED) is 0.188. The standard InChI is InChI=1S/C46H29N3O/c1-3-12-30(13-4-1)40-29-41(48-46(47-40)32-14-5-2-6-15-32)31-22-25-34(26-23-31)49-42-20-9-7-16-36(42)37-27-24-33(28-43(37)49)35-18-11-19-39-38-17-8-10-21-44(38)50-45(35)39/h1-29H. The van der Waals surface area contributed by atoms with Crippen LogP contribution in [0.1, 0.15) is 0 Å². The van der Waals surface area contributed by atoms with Crippen molar-refractivity contribution in [1.29, 1.82) is 0 Å². The van der Waals surface area contributed by atoms with E-state index in [2.05, 4.69) is 132 Å². The third-order valence-corrected chi connectivity index (χ3v) is 9.64. The molecule has 0 radical (unpaired) electrons. The molecule has 7 aromatic carbocycles. The number of benzene rings is 7. The van der Waals surface area contributed by atoms with Crippen LogP contribution in [0.3, 0.4) is 0 Å². The van der Waals surface area contributed by atoms with Crippen molar-refractivity contribution in [2.45, 2.75) is 0 Å². The van der Waals surface area contributed by atoms with E-state index in [1.165, 1.54) is 10.8 Å². The minimum atomic E-state index is 0.709. The van der Waals surface area contributed by atoms with Crippen LogP contribution in [-0.4, -0.2) is 14.5 Å². The van der Waals surface area contributed by atoms with Gasteiger partial charge >= 0.3 is 0 Å². The maximum absolute atomic E-state index is 6.44. The highest BCUT2D eigenvalue weighted by Gasteiger charge is 2.17. The lowest BCUT2D eigenvalue weighted by atomic mass is 10.0. The Balaban J connectivity index is 1.12. The summed E-state index contributed by atoms with van der Waals surface area (Å²) in [5.74, 6) is 0.709. The number of aromatic nitrogens is 3. The summed E-state index contributed by atoms with van der Waals surface area (Å²) in [6, 6.07) is 61.4. The van der Waals surface area contributed by atoms with Gasteiger partial charge in [-0.3, -0.25) is 0 Å². The highest BCUT2D eigenvalue weighted by atomic mass is 16.3. The second-order valence-electron chi connectivity index (χ2n) is 12.6. The molecule has 3 heterocycles. The van der Waals surface area contributed by atoms with Crippen LogP contribution >= 0.6 is 0 Å². The zero-order valence-electron chi connectivity index (χ0n) is 27.0. The Kier molecular flexibility index (Phi) is 6.46. The highest BCUT2D eigenvalue weighted by molar-refractivity contribution is 6.13. The Hall–Kier alpha value is -6.78. The van der Waals surface area contributed by atoms with Crippen molar-refractivity contribution >= 4 is 43.7 Å². The first-order valence-corrected chi connectivity index (χ1v) is 16.8. The van der Waals surface area contributed by atoms with Crippen LogP contribution in [-0.2, 0) is 0 Å². The smallest absolute Gasteiger partial charge is 0.160 e. The van der Waals surface area contributed by atoms with Crippen LogP contribution in [0.15, 0.2) is 180 Å². The van der Waals surface area contributed by atoms with E-state index in [1.54, 1.807) is 0 Å². The van der Waals surface area contributed by atoms with Crippen LogP contribution in [0.4, 0.5) is 0 Å². The summed E-state index contributed by atoms with van der Waals surface area (Å²) < 4.78 is 8.80. The molecular weight excluding hydrogens is 611 g/mol. The third-order valence-electron chi connectivity index (χ3n) is 9.64. The molecule has 0 spiro atoms. The van der Waals surface area contributed by atoms with Crippen molar-refractivity contribution in [1.82, 2.24) is 14.5 Å². The molecule has 0 aliphatic rings. The van der Waals surface area contributed by atoms with E-state index >= 15 is 0 Å². The van der Waals surface area contributed by atoms with E-state index in [9.17, 15) is 0 Å². The third kappa shape index (κ3) is 4.61. The first kappa shape index (κ1) is 28.3. The molecule has 3 aromatic heterocycles. The molecule has 0 aliphatic heterocycles. The summed E-state index contributed by atoms with van der Waals surface area (Å²) in [5, 5.41) is 4.69. The molecule has 0 bridgehead atoms. The molecule has 0 amide bonds. The topological polar surface area (TPSA) is 43.9 Å². The van der Waals surface area contributed by atoms with Gasteiger partial charge in [0.1, 0.15) is 11.2 Å². The maximum atomic E-state index is 6.44. The lowest BCUT2D eigenvalue weighted by molar-refractivity contribution is 0.670. The molecule has 0 atom stereocenters. The lowest BCUT2D eigenvalue weighted by Gasteiger charge is -2.12. The van der Waals surface area contributed by atoms with Crippen LogP contribution in [0.2, 0.25) is 0 Å². The summed E-state index contributed by atoms with van der Waals surface area (Å²) in [7, 11) is 0. The van der Waals surface area contributed by atoms with Crippen LogP contribution in [0.5, 0.6) is 0 Å². The zero-order chi connectivity index (χ0) is 33.0. The summed E-state index contributed by atoms with van der Waals surface area (Å²) >= 11 is 0. The average molecular weight is 640 g/mol. The first-order chi connectivity index (χ1) is 24.8. The Labute approximate surface area is 288 Å². The predicted molar refractivity (Wildman–Crippen MR) is 205 cm³/mol. The molecule has 0 aliphatic carbocycles. The van der Waals surface area contributed by atoms with E-state index in [-0.39, 0.29) is 0 Å². The summed E-state index contributed by atoms with van der Waals surface area (Å²) in [6.07, 6.45) is 0. The second-order valence-corrected chi connectivity index (χ2v) is 12.6. The van der Waals surface area contributed by atoms with E-state index in [4.69, 9.17) is 14.4 Å². The van der Waals surface area contributed by atoms with Gasteiger partial charge in [-0.05, 0) is 42.0 Å². The van der Waals surface area contributed by atoms with Gasteiger partial charge in [0.2, 0.25) is 0 Å². The van der Waals surface area contributed by atoms with E-state index in [1.807, 2.05) is 48.5 Å². The number of hydrogen-bond donors (Lipinski definition) is 0. The second kappa shape index (κ2) is 11.4. The van der Waals surface area contributed by atoms with Crippen molar-refractivity contribution < 1.29 is 4.42 Å². The number of fused-ring (bicyclic) bond motifs is 6. The van der Waals surface area contributed by atoms with Crippen LogP contribution < -0.4 is 0 Å². The number of nitrogens with zero attached hydrogens (tertiary/aromatic N) is 3.